The topological polar surface area (TPSA) is 92.8 Å². The Morgan fingerprint density at radius 1 is 1.22 bits per heavy atom. The molecule has 9 heteroatoms. The number of aromatic nitrogens is 4. The van der Waals surface area contributed by atoms with Crippen molar-refractivity contribution >= 4 is 44.4 Å². The summed E-state index contributed by atoms with van der Waals surface area (Å²) in [6, 6.07) is 15.3. The molecule has 1 amide bonds. The molecule has 0 fully saturated rings. The number of anilines is 1. The SMILES string of the molecule is COc1ccc2nc(NC(=O)CSc3n[nH]c(-c4ccccc4)n3)sc2c1. The van der Waals surface area contributed by atoms with E-state index in [0.29, 0.717) is 16.1 Å². The monoisotopic (exact) mass is 397 g/mol. The zero-order valence-corrected chi connectivity index (χ0v) is 15.9. The van der Waals surface area contributed by atoms with E-state index in [2.05, 4.69) is 25.5 Å². The van der Waals surface area contributed by atoms with Gasteiger partial charge in [0.25, 0.3) is 0 Å². The fourth-order valence-electron chi connectivity index (χ4n) is 2.41. The third-order valence-corrected chi connectivity index (χ3v) is 5.47. The molecule has 0 radical (unpaired) electrons. The first-order valence-electron chi connectivity index (χ1n) is 8.06. The third-order valence-electron chi connectivity index (χ3n) is 3.69. The molecule has 0 unspecified atom stereocenters. The van der Waals surface area contributed by atoms with Gasteiger partial charge in [-0.05, 0) is 18.2 Å². The number of thioether (sulfide) groups is 1. The van der Waals surface area contributed by atoms with Crippen molar-refractivity contribution in [3.05, 3.63) is 48.5 Å². The smallest absolute Gasteiger partial charge is 0.236 e. The molecule has 27 heavy (non-hydrogen) atoms. The summed E-state index contributed by atoms with van der Waals surface area (Å²) in [5.41, 5.74) is 1.77. The molecule has 2 N–H and O–H groups in total. The molecule has 0 atom stereocenters. The number of rotatable bonds is 6. The standard InChI is InChI=1S/C18H15N5O2S2/c1-25-12-7-8-13-14(9-12)27-17(19-13)20-15(24)10-26-18-21-16(22-23-18)11-5-3-2-4-6-11/h2-9H,10H2,1H3,(H,19,20,24)(H,21,22,23). The van der Waals surface area contributed by atoms with E-state index < -0.39 is 0 Å². The average molecular weight is 397 g/mol. The fourth-order valence-corrected chi connectivity index (χ4v) is 3.92. The van der Waals surface area contributed by atoms with Gasteiger partial charge in [-0.25, -0.2) is 9.97 Å². The average Bonchev–Trinajstić information content (AvgIpc) is 3.33. The maximum absolute atomic E-state index is 12.2. The number of aromatic amines is 1. The van der Waals surface area contributed by atoms with Crippen molar-refractivity contribution in [3.8, 4) is 17.1 Å². The second kappa shape index (κ2) is 7.77. The number of benzene rings is 2. The molecule has 4 rings (SSSR count). The summed E-state index contributed by atoms with van der Waals surface area (Å²) in [6.07, 6.45) is 0. The molecule has 2 aromatic carbocycles. The van der Waals surface area contributed by atoms with Gasteiger partial charge in [0.15, 0.2) is 11.0 Å². The van der Waals surface area contributed by atoms with E-state index in [1.165, 1.54) is 23.1 Å². The number of hydrogen-bond donors (Lipinski definition) is 2. The normalized spacial score (nSPS) is 10.9. The number of hydrogen-bond acceptors (Lipinski definition) is 7. The number of H-pyrrole nitrogens is 1. The summed E-state index contributed by atoms with van der Waals surface area (Å²) < 4.78 is 6.16. The van der Waals surface area contributed by atoms with Crippen LogP contribution in [0.25, 0.3) is 21.6 Å². The van der Waals surface area contributed by atoms with Crippen molar-refractivity contribution in [1.82, 2.24) is 20.2 Å². The molecular formula is C18H15N5O2S2. The Bertz CT molecular complexity index is 1080. The Morgan fingerprint density at radius 3 is 2.89 bits per heavy atom. The van der Waals surface area contributed by atoms with Gasteiger partial charge >= 0.3 is 0 Å². The molecule has 0 aliphatic heterocycles. The molecule has 2 aromatic heterocycles. The van der Waals surface area contributed by atoms with E-state index in [9.17, 15) is 4.79 Å². The maximum atomic E-state index is 12.2. The fraction of sp³-hybridized carbons (Fsp3) is 0.111. The van der Waals surface area contributed by atoms with Crippen LogP contribution in [0.2, 0.25) is 0 Å². The molecule has 0 saturated heterocycles. The van der Waals surface area contributed by atoms with Crippen LogP contribution >= 0.6 is 23.1 Å². The molecule has 0 bridgehead atoms. The minimum atomic E-state index is -0.155. The lowest BCUT2D eigenvalue weighted by molar-refractivity contribution is -0.113. The minimum absolute atomic E-state index is 0.155. The van der Waals surface area contributed by atoms with Crippen molar-refractivity contribution in [2.45, 2.75) is 5.16 Å². The van der Waals surface area contributed by atoms with E-state index in [-0.39, 0.29) is 11.7 Å². The molecule has 136 valence electrons. The molecule has 4 aromatic rings. The molecule has 0 spiro atoms. The second-order valence-electron chi connectivity index (χ2n) is 5.52. The number of nitrogens with zero attached hydrogens (tertiary/aromatic N) is 3. The number of nitrogens with one attached hydrogen (secondary N) is 2. The van der Waals surface area contributed by atoms with Crippen LogP contribution in [0.1, 0.15) is 0 Å². The summed E-state index contributed by atoms with van der Waals surface area (Å²) in [4.78, 5) is 21.0. The first-order chi connectivity index (χ1) is 13.2. The van der Waals surface area contributed by atoms with Crippen molar-refractivity contribution in [3.63, 3.8) is 0 Å². The van der Waals surface area contributed by atoms with Gasteiger partial charge in [0.1, 0.15) is 5.75 Å². The number of amides is 1. The lowest BCUT2D eigenvalue weighted by atomic mass is 10.2. The van der Waals surface area contributed by atoms with Crippen LogP contribution in [0.3, 0.4) is 0 Å². The lowest BCUT2D eigenvalue weighted by Crippen LogP contribution is -2.13. The molecule has 0 aliphatic rings. The van der Waals surface area contributed by atoms with Gasteiger partial charge in [-0.15, -0.1) is 5.10 Å². The van der Waals surface area contributed by atoms with E-state index in [1.54, 1.807) is 7.11 Å². The van der Waals surface area contributed by atoms with Gasteiger partial charge in [0, 0.05) is 5.56 Å². The number of carbonyl (C=O) groups excluding carboxylic acids is 1. The minimum Gasteiger partial charge on any atom is -0.497 e. The van der Waals surface area contributed by atoms with Crippen molar-refractivity contribution < 1.29 is 9.53 Å². The maximum Gasteiger partial charge on any atom is 0.236 e. The predicted octanol–water partition coefficient (Wildman–Crippen LogP) is 3.82. The Balaban J connectivity index is 1.37. The van der Waals surface area contributed by atoms with Gasteiger partial charge in [0.2, 0.25) is 11.1 Å². The van der Waals surface area contributed by atoms with Crippen molar-refractivity contribution in [1.29, 1.82) is 0 Å². The van der Waals surface area contributed by atoms with E-state index in [4.69, 9.17) is 4.74 Å². The van der Waals surface area contributed by atoms with Crippen LogP contribution in [0.4, 0.5) is 5.13 Å². The van der Waals surface area contributed by atoms with Gasteiger partial charge in [-0.1, -0.05) is 53.4 Å². The summed E-state index contributed by atoms with van der Waals surface area (Å²) >= 11 is 2.68. The Morgan fingerprint density at radius 2 is 2.07 bits per heavy atom. The highest BCUT2D eigenvalue weighted by Crippen LogP contribution is 2.29. The van der Waals surface area contributed by atoms with Gasteiger partial charge < -0.3 is 10.1 Å². The second-order valence-corrected chi connectivity index (χ2v) is 7.50. The summed E-state index contributed by atoms with van der Waals surface area (Å²) in [5.74, 6) is 1.49. The molecule has 7 nitrogen and oxygen atoms in total. The third kappa shape index (κ3) is 4.09. The van der Waals surface area contributed by atoms with Gasteiger partial charge in [-0.3, -0.25) is 9.89 Å². The first-order valence-corrected chi connectivity index (χ1v) is 9.86. The van der Waals surface area contributed by atoms with Crippen LogP contribution in [0.15, 0.2) is 53.7 Å². The quantitative estimate of drug-likeness (QED) is 0.481. The van der Waals surface area contributed by atoms with Crippen LogP contribution in [-0.4, -0.2) is 38.9 Å². The van der Waals surface area contributed by atoms with Crippen LogP contribution in [-0.2, 0) is 4.79 Å². The Kier molecular flexibility index (Phi) is 5.03. The number of thiazole rings is 1. The predicted molar refractivity (Wildman–Crippen MR) is 107 cm³/mol. The molecular weight excluding hydrogens is 382 g/mol. The number of ether oxygens (including phenoxy) is 1. The highest BCUT2D eigenvalue weighted by molar-refractivity contribution is 7.99. The summed E-state index contributed by atoms with van der Waals surface area (Å²) in [7, 11) is 1.62. The van der Waals surface area contributed by atoms with Crippen LogP contribution < -0.4 is 10.1 Å². The summed E-state index contributed by atoms with van der Waals surface area (Å²) in [6.45, 7) is 0. The first kappa shape index (κ1) is 17.5. The number of methoxy groups -OCH3 is 1. The highest BCUT2D eigenvalue weighted by Gasteiger charge is 2.11. The highest BCUT2D eigenvalue weighted by atomic mass is 32.2. The largest absolute Gasteiger partial charge is 0.497 e. The van der Waals surface area contributed by atoms with Crippen molar-refractivity contribution in [2.24, 2.45) is 0 Å². The Labute approximate surface area is 163 Å². The molecule has 0 saturated carbocycles. The lowest BCUT2D eigenvalue weighted by Gasteiger charge is -1.98. The van der Waals surface area contributed by atoms with Crippen molar-refractivity contribution in [2.75, 3.05) is 18.2 Å². The Hall–Kier alpha value is -2.91. The zero-order chi connectivity index (χ0) is 18.6. The van der Waals surface area contributed by atoms with Crippen LogP contribution in [0.5, 0.6) is 5.75 Å². The molecule has 2 heterocycles. The van der Waals surface area contributed by atoms with Gasteiger partial charge in [-0.2, -0.15) is 0 Å². The van der Waals surface area contributed by atoms with E-state index in [0.717, 1.165) is 21.5 Å². The van der Waals surface area contributed by atoms with E-state index >= 15 is 0 Å². The van der Waals surface area contributed by atoms with Crippen LogP contribution in [0, 0.1) is 0 Å². The van der Waals surface area contributed by atoms with E-state index in [1.807, 2.05) is 48.5 Å². The van der Waals surface area contributed by atoms with Gasteiger partial charge in [0.05, 0.1) is 23.1 Å². The number of carbonyl (C=O) groups is 1. The molecule has 0 aliphatic carbocycles. The number of fused-ring (bicyclic) bond motifs is 1. The zero-order valence-electron chi connectivity index (χ0n) is 14.3. The summed E-state index contributed by atoms with van der Waals surface area (Å²) in [5, 5.41) is 10.9.